The first-order valence-electron chi connectivity index (χ1n) is 7.27. The van der Waals surface area contributed by atoms with Crippen LogP contribution in [0.25, 0.3) is 5.78 Å². The van der Waals surface area contributed by atoms with E-state index in [0.717, 1.165) is 36.5 Å². The predicted octanol–water partition coefficient (Wildman–Crippen LogP) is 3.40. The van der Waals surface area contributed by atoms with Gasteiger partial charge in [0.2, 0.25) is 0 Å². The van der Waals surface area contributed by atoms with Gasteiger partial charge in [-0.15, -0.1) is 12.4 Å². The Balaban J connectivity index is 0.00000144. The third kappa shape index (κ3) is 2.41. The quantitative estimate of drug-likeness (QED) is 0.787. The van der Waals surface area contributed by atoms with Crippen molar-refractivity contribution in [1.82, 2.24) is 19.6 Å². The van der Waals surface area contributed by atoms with Crippen LogP contribution in [0.15, 0.2) is 24.5 Å². The van der Waals surface area contributed by atoms with E-state index < -0.39 is 0 Å². The Kier molecular flexibility index (Phi) is 3.74. The summed E-state index contributed by atoms with van der Waals surface area (Å²) in [7, 11) is 0. The molecule has 22 heavy (non-hydrogen) atoms. The third-order valence-electron chi connectivity index (χ3n) is 3.94. The maximum absolute atomic E-state index is 4.60. The molecule has 0 atom stereocenters. The number of nitrogens with zero attached hydrogens (tertiary/aromatic N) is 4. The maximum atomic E-state index is 4.60. The molecule has 1 aromatic carbocycles. The van der Waals surface area contributed by atoms with Crippen LogP contribution in [0.2, 0.25) is 0 Å². The van der Waals surface area contributed by atoms with Gasteiger partial charge in [-0.3, -0.25) is 0 Å². The molecule has 2 aromatic heterocycles. The second-order valence-corrected chi connectivity index (χ2v) is 5.71. The van der Waals surface area contributed by atoms with Crippen molar-refractivity contribution in [2.24, 2.45) is 0 Å². The van der Waals surface area contributed by atoms with Gasteiger partial charge in [-0.25, -0.2) is 4.98 Å². The Morgan fingerprint density at radius 2 is 1.86 bits per heavy atom. The van der Waals surface area contributed by atoms with Crippen LogP contribution in [0.5, 0.6) is 0 Å². The predicted molar refractivity (Wildman–Crippen MR) is 89.3 cm³/mol. The topological polar surface area (TPSA) is 55.1 Å². The Hall–Kier alpha value is -2.14. The molecular formula is C16H18ClN5. The number of aromatic nitrogens is 4. The molecule has 1 N–H and O–H groups in total. The molecule has 1 aliphatic carbocycles. The first-order chi connectivity index (χ1) is 10.2. The van der Waals surface area contributed by atoms with Gasteiger partial charge < -0.3 is 5.32 Å². The van der Waals surface area contributed by atoms with E-state index >= 15 is 0 Å². The third-order valence-corrected chi connectivity index (χ3v) is 3.94. The standard InChI is InChI=1S/C16H17N5.ClH/c1-10-6-11(2)8-12(7-10)19-15-13-4-3-5-14(13)20-16-17-9-18-21(15)16;/h6-9,19H,3-5H2,1-2H3;1H. The van der Waals surface area contributed by atoms with Gasteiger partial charge in [-0.2, -0.15) is 14.6 Å². The lowest BCUT2D eigenvalue weighted by atomic mass is 10.1. The van der Waals surface area contributed by atoms with E-state index in [9.17, 15) is 0 Å². The summed E-state index contributed by atoms with van der Waals surface area (Å²) < 4.78 is 1.81. The summed E-state index contributed by atoms with van der Waals surface area (Å²) in [5.74, 6) is 1.68. The van der Waals surface area contributed by atoms with E-state index in [-0.39, 0.29) is 12.4 Å². The average Bonchev–Trinajstić information content (AvgIpc) is 3.05. The second-order valence-electron chi connectivity index (χ2n) is 5.71. The van der Waals surface area contributed by atoms with Gasteiger partial charge >= 0.3 is 0 Å². The van der Waals surface area contributed by atoms with Gasteiger partial charge in [-0.1, -0.05) is 6.07 Å². The molecule has 0 aliphatic heterocycles. The molecule has 0 saturated carbocycles. The number of hydrogen-bond donors (Lipinski definition) is 1. The highest BCUT2D eigenvalue weighted by atomic mass is 35.5. The van der Waals surface area contributed by atoms with Crippen molar-refractivity contribution in [3.63, 3.8) is 0 Å². The minimum absolute atomic E-state index is 0. The molecule has 0 bridgehead atoms. The zero-order valence-electron chi connectivity index (χ0n) is 12.6. The molecule has 0 saturated heterocycles. The minimum atomic E-state index is 0. The van der Waals surface area contributed by atoms with Crippen LogP contribution in [0, 0.1) is 13.8 Å². The highest BCUT2D eigenvalue weighted by Gasteiger charge is 2.21. The van der Waals surface area contributed by atoms with Crippen molar-refractivity contribution < 1.29 is 0 Å². The van der Waals surface area contributed by atoms with E-state index in [1.165, 1.54) is 16.7 Å². The summed E-state index contributed by atoms with van der Waals surface area (Å²) in [4.78, 5) is 8.84. The molecule has 4 rings (SSSR count). The number of fused-ring (bicyclic) bond motifs is 2. The van der Waals surface area contributed by atoms with Crippen molar-refractivity contribution in [1.29, 1.82) is 0 Å². The fourth-order valence-electron chi connectivity index (χ4n) is 3.14. The fourth-order valence-corrected chi connectivity index (χ4v) is 3.14. The van der Waals surface area contributed by atoms with Gasteiger partial charge in [0.15, 0.2) is 0 Å². The number of halogens is 1. The van der Waals surface area contributed by atoms with Crippen molar-refractivity contribution in [2.75, 3.05) is 5.32 Å². The van der Waals surface area contributed by atoms with E-state index in [1.807, 2.05) is 4.52 Å². The van der Waals surface area contributed by atoms with Crippen molar-refractivity contribution in [3.8, 4) is 0 Å². The largest absolute Gasteiger partial charge is 0.340 e. The zero-order valence-corrected chi connectivity index (χ0v) is 13.4. The summed E-state index contributed by atoms with van der Waals surface area (Å²) >= 11 is 0. The Bertz CT molecular complexity index is 820. The van der Waals surface area contributed by atoms with Gasteiger partial charge in [0.05, 0.1) is 5.69 Å². The van der Waals surface area contributed by atoms with Crippen LogP contribution < -0.4 is 5.32 Å². The summed E-state index contributed by atoms with van der Waals surface area (Å²) in [5.41, 5.74) is 6.01. The van der Waals surface area contributed by atoms with Crippen molar-refractivity contribution >= 4 is 29.7 Å². The van der Waals surface area contributed by atoms with Crippen LogP contribution in [-0.4, -0.2) is 19.6 Å². The number of nitrogens with one attached hydrogen (secondary N) is 1. The highest BCUT2D eigenvalue weighted by Crippen LogP contribution is 2.30. The van der Waals surface area contributed by atoms with E-state index in [1.54, 1.807) is 6.33 Å². The minimum Gasteiger partial charge on any atom is -0.340 e. The van der Waals surface area contributed by atoms with Crippen molar-refractivity contribution in [2.45, 2.75) is 33.1 Å². The zero-order chi connectivity index (χ0) is 14.4. The highest BCUT2D eigenvalue weighted by molar-refractivity contribution is 5.85. The molecule has 2 heterocycles. The normalized spacial score (nSPS) is 13.0. The number of benzene rings is 1. The Labute approximate surface area is 135 Å². The van der Waals surface area contributed by atoms with E-state index in [0.29, 0.717) is 5.78 Å². The summed E-state index contributed by atoms with van der Waals surface area (Å²) in [6.45, 7) is 4.22. The molecule has 0 radical (unpaired) electrons. The van der Waals surface area contributed by atoms with Gasteiger partial charge in [-0.05, 0) is 56.4 Å². The fraction of sp³-hybridized carbons (Fsp3) is 0.312. The smallest absolute Gasteiger partial charge is 0.254 e. The van der Waals surface area contributed by atoms with Crippen LogP contribution in [0.1, 0.15) is 28.8 Å². The molecular weight excluding hydrogens is 298 g/mol. The van der Waals surface area contributed by atoms with Crippen molar-refractivity contribution in [3.05, 3.63) is 46.9 Å². The second kappa shape index (κ2) is 5.57. The first kappa shape index (κ1) is 14.8. The summed E-state index contributed by atoms with van der Waals surface area (Å²) in [6.07, 6.45) is 4.78. The monoisotopic (exact) mass is 315 g/mol. The molecule has 0 amide bonds. The number of rotatable bonds is 2. The molecule has 0 unspecified atom stereocenters. The van der Waals surface area contributed by atoms with Crippen LogP contribution in [-0.2, 0) is 12.8 Å². The Morgan fingerprint density at radius 1 is 1.09 bits per heavy atom. The van der Waals surface area contributed by atoms with Crippen LogP contribution >= 0.6 is 12.4 Å². The molecule has 0 fully saturated rings. The molecule has 6 heteroatoms. The summed E-state index contributed by atoms with van der Waals surface area (Å²) in [5, 5.41) is 7.85. The van der Waals surface area contributed by atoms with Gasteiger partial charge in [0, 0.05) is 11.3 Å². The van der Waals surface area contributed by atoms with Crippen LogP contribution in [0.3, 0.4) is 0 Å². The molecule has 3 aromatic rings. The van der Waals surface area contributed by atoms with Gasteiger partial charge in [0.1, 0.15) is 12.1 Å². The number of hydrogen-bond acceptors (Lipinski definition) is 4. The first-order valence-corrected chi connectivity index (χ1v) is 7.27. The SMILES string of the molecule is Cc1cc(C)cc(Nc2c3c(nc4ncnn24)CCC3)c1.Cl. The number of anilines is 2. The molecule has 0 spiro atoms. The maximum Gasteiger partial charge on any atom is 0.254 e. The lowest BCUT2D eigenvalue weighted by molar-refractivity contribution is 0.900. The average molecular weight is 316 g/mol. The molecule has 114 valence electrons. The Morgan fingerprint density at radius 3 is 2.64 bits per heavy atom. The number of aryl methyl sites for hydroxylation is 3. The van der Waals surface area contributed by atoms with E-state index in [2.05, 4.69) is 52.4 Å². The van der Waals surface area contributed by atoms with Crippen LogP contribution in [0.4, 0.5) is 11.5 Å². The van der Waals surface area contributed by atoms with Gasteiger partial charge in [0.25, 0.3) is 5.78 Å². The molecule has 1 aliphatic rings. The summed E-state index contributed by atoms with van der Waals surface area (Å²) in [6, 6.07) is 6.47. The lowest BCUT2D eigenvalue weighted by Gasteiger charge is -2.13. The van der Waals surface area contributed by atoms with E-state index in [4.69, 9.17) is 0 Å². The lowest BCUT2D eigenvalue weighted by Crippen LogP contribution is -2.07. The molecule has 5 nitrogen and oxygen atoms in total.